The van der Waals surface area contributed by atoms with Crippen LogP contribution in [0.5, 0.6) is 0 Å². The third-order valence-electron chi connectivity index (χ3n) is 4.39. The Morgan fingerprint density at radius 3 is 2.67 bits per heavy atom. The Morgan fingerprint density at radius 2 is 2.00 bits per heavy atom. The third-order valence-corrected chi connectivity index (χ3v) is 5.22. The lowest BCUT2D eigenvalue weighted by Crippen LogP contribution is -2.25. The molecule has 0 spiro atoms. The highest BCUT2D eigenvalue weighted by Gasteiger charge is 2.31. The molecule has 1 aromatic rings. The predicted octanol–water partition coefficient (Wildman–Crippen LogP) is 4.69. The smallest absolute Gasteiger partial charge is 0.137 e. The van der Waals surface area contributed by atoms with Gasteiger partial charge in [0, 0.05) is 0 Å². The average Bonchev–Trinajstić information content (AvgIpc) is 2.35. The standard InChI is InChI=1S/C15H20BrFO/c1-9-6-7-11(8-10(9)2)15(18)12-4-3-5-13(17)14(12)16/h3-5,9-11,15,18H,6-8H2,1-2H3. The summed E-state index contributed by atoms with van der Waals surface area (Å²) in [5.41, 5.74) is 0.682. The lowest BCUT2D eigenvalue weighted by atomic mass is 9.73. The second-order valence-corrected chi connectivity index (χ2v) is 6.41. The molecule has 1 fully saturated rings. The van der Waals surface area contributed by atoms with E-state index in [2.05, 4.69) is 29.8 Å². The van der Waals surface area contributed by atoms with Gasteiger partial charge in [-0.05, 0) is 58.2 Å². The van der Waals surface area contributed by atoms with Gasteiger partial charge in [0.05, 0.1) is 10.6 Å². The molecule has 3 heteroatoms. The van der Waals surface area contributed by atoms with Crippen molar-refractivity contribution >= 4 is 15.9 Å². The Morgan fingerprint density at radius 1 is 1.28 bits per heavy atom. The van der Waals surface area contributed by atoms with Gasteiger partial charge in [-0.3, -0.25) is 0 Å². The number of aliphatic hydroxyl groups excluding tert-OH is 1. The molecule has 1 nitrogen and oxygen atoms in total. The Balaban J connectivity index is 2.16. The highest BCUT2D eigenvalue weighted by Crippen LogP contribution is 2.41. The van der Waals surface area contributed by atoms with Crippen molar-refractivity contribution in [1.82, 2.24) is 0 Å². The van der Waals surface area contributed by atoms with Gasteiger partial charge in [-0.1, -0.05) is 32.4 Å². The molecule has 0 saturated heterocycles. The van der Waals surface area contributed by atoms with Gasteiger partial charge in [-0.25, -0.2) is 4.39 Å². The van der Waals surface area contributed by atoms with E-state index in [0.29, 0.717) is 16.0 Å². The molecule has 0 aliphatic heterocycles. The topological polar surface area (TPSA) is 20.2 Å². The number of rotatable bonds is 2. The number of hydrogen-bond donors (Lipinski definition) is 1. The second-order valence-electron chi connectivity index (χ2n) is 5.62. The minimum Gasteiger partial charge on any atom is -0.388 e. The highest BCUT2D eigenvalue weighted by molar-refractivity contribution is 9.10. The summed E-state index contributed by atoms with van der Waals surface area (Å²) >= 11 is 3.24. The van der Waals surface area contributed by atoms with Crippen LogP contribution in [0.3, 0.4) is 0 Å². The quantitative estimate of drug-likeness (QED) is 0.839. The van der Waals surface area contributed by atoms with Crippen molar-refractivity contribution in [1.29, 1.82) is 0 Å². The van der Waals surface area contributed by atoms with Crippen molar-refractivity contribution in [3.05, 3.63) is 34.1 Å². The zero-order chi connectivity index (χ0) is 13.3. The van der Waals surface area contributed by atoms with Gasteiger partial charge in [-0.15, -0.1) is 0 Å². The molecule has 0 aromatic heterocycles. The molecular formula is C15H20BrFO. The fourth-order valence-electron chi connectivity index (χ4n) is 2.88. The normalized spacial score (nSPS) is 30.2. The van der Waals surface area contributed by atoms with E-state index in [1.807, 2.05) is 0 Å². The highest BCUT2D eigenvalue weighted by atomic mass is 79.9. The lowest BCUT2D eigenvalue weighted by molar-refractivity contribution is 0.0554. The predicted molar refractivity (Wildman–Crippen MR) is 74.7 cm³/mol. The van der Waals surface area contributed by atoms with Gasteiger partial charge in [0.1, 0.15) is 5.82 Å². The summed E-state index contributed by atoms with van der Waals surface area (Å²) in [7, 11) is 0. The molecule has 0 amide bonds. The van der Waals surface area contributed by atoms with Crippen LogP contribution in [-0.4, -0.2) is 5.11 Å². The molecule has 1 N–H and O–H groups in total. The molecule has 1 aliphatic rings. The molecule has 0 bridgehead atoms. The SMILES string of the molecule is CC1CCC(C(O)c2cccc(F)c2Br)CC1C. The third kappa shape index (κ3) is 2.77. The maximum absolute atomic E-state index is 13.5. The zero-order valence-corrected chi connectivity index (χ0v) is 12.5. The van der Waals surface area contributed by atoms with Crippen LogP contribution in [0.15, 0.2) is 22.7 Å². The first-order valence-corrected chi connectivity index (χ1v) is 7.42. The monoisotopic (exact) mass is 314 g/mol. The molecule has 18 heavy (non-hydrogen) atoms. The van der Waals surface area contributed by atoms with E-state index in [1.54, 1.807) is 12.1 Å². The number of aliphatic hydroxyl groups is 1. The minimum atomic E-state index is -0.565. The first-order chi connectivity index (χ1) is 8.50. The summed E-state index contributed by atoms with van der Waals surface area (Å²) in [6.45, 7) is 4.51. The van der Waals surface area contributed by atoms with Gasteiger partial charge in [-0.2, -0.15) is 0 Å². The van der Waals surface area contributed by atoms with E-state index < -0.39 is 6.10 Å². The van der Waals surface area contributed by atoms with E-state index in [1.165, 1.54) is 6.07 Å². The average molecular weight is 315 g/mol. The largest absolute Gasteiger partial charge is 0.388 e. The van der Waals surface area contributed by atoms with Crippen molar-refractivity contribution < 1.29 is 9.50 Å². The summed E-state index contributed by atoms with van der Waals surface area (Å²) in [4.78, 5) is 0. The molecule has 100 valence electrons. The van der Waals surface area contributed by atoms with Crippen LogP contribution in [-0.2, 0) is 0 Å². The van der Waals surface area contributed by atoms with Crippen LogP contribution in [0.25, 0.3) is 0 Å². The van der Waals surface area contributed by atoms with Crippen LogP contribution < -0.4 is 0 Å². The van der Waals surface area contributed by atoms with Crippen molar-refractivity contribution in [3.8, 4) is 0 Å². The molecule has 1 aromatic carbocycles. The van der Waals surface area contributed by atoms with Crippen LogP contribution >= 0.6 is 15.9 Å². The fraction of sp³-hybridized carbons (Fsp3) is 0.600. The van der Waals surface area contributed by atoms with Crippen molar-refractivity contribution in [2.45, 2.75) is 39.2 Å². The van der Waals surface area contributed by atoms with Crippen LogP contribution in [0, 0.1) is 23.6 Å². The second kappa shape index (κ2) is 5.70. The molecule has 0 radical (unpaired) electrons. The Kier molecular flexibility index (Phi) is 4.44. The summed E-state index contributed by atoms with van der Waals surface area (Å²) in [5, 5.41) is 10.5. The van der Waals surface area contributed by atoms with Gasteiger partial charge in [0.15, 0.2) is 0 Å². The molecule has 0 heterocycles. The van der Waals surface area contributed by atoms with E-state index >= 15 is 0 Å². The first kappa shape index (κ1) is 14.0. The summed E-state index contributed by atoms with van der Waals surface area (Å²) in [6.07, 6.45) is 2.63. The van der Waals surface area contributed by atoms with Crippen LogP contribution in [0.1, 0.15) is 44.8 Å². The molecular weight excluding hydrogens is 295 g/mol. The summed E-state index contributed by atoms with van der Waals surface area (Å²) < 4.78 is 13.9. The molecule has 1 saturated carbocycles. The number of halogens is 2. The first-order valence-electron chi connectivity index (χ1n) is 6.62. The molecule has 1 aliphatic carbocycles. The maximum atomic E-state index is 13.5. The van der Waals surface area contributed by atoms with Crippen molar-refractivity contribution in [2.24, 2.45) is 17.8 Å². The number of benzene rings is 1. The summed E-state index contributed by atoms with van der Waals surface area (Å²) in [6, 6.07) is 4.87. The maximum Gasteiger partial charge on any atom is 0.137 e. The van der Waals surface area contributed by atoms with E-state index in [9.17, 15) is 9.50 Å². The Labute approximate surface area is 117 Å². The lowest BCUT2D eigenvalue weighted by Gasteiger charge is -2.35. The fourth-order valence-corrected chi connectivity index (χ4v) is 3.38. The summed E-state index contributed by atoms with van der Waals surface area (Å²) in [5.74, 6) is 1.30. The Hall–Kier alpha value is -0.410. The van der Waals surface area contributed by atoms with Gasteiger partial charge in [0.2, 0.25) is 0 Å². The van der Waals surface area contributed by atoms with Crippen molar-refractivity contribution in [2.75, 3.05) is 0 Å². The Bertz CT molecular complexity index is 421. The zero-order valence-electron chi connectivity index (χ0n) is 10.9. The van der Waals surface area contributed by atoms with Crippen molar-refractivity contribution in [3.63, 3.8) is 0 Å². The number of hydrogen-bond acceptors (Lipinski definition) is 1. The molecule has 2 rings (SSSR count). The van der Waals surface area contributed by atoms with E-state index in [-0.39, 0.29) is 11.7 Å². The molecule has 4 unspecified atom stereocenters. The van der Waals surface area contributed by atoms with Crippen LogP contribution in [0.4, 0.5) is 4.39 Å². The molecule has 4 atom stereocenters. The minimum absolute atomic E-state index is 0.245. The van der Waals surface area contributed by atoms with Gasteiger partial charge >= 0.3 is 0 Å². The van der Waals surface area contributed by atoms with E-state index in [0.717, 1.165) is 25.2 Å². The van der Waals surface area contributed by atoms with Gasteiger partial charge < -0.3 is 5.11 Å². The van der Waals surface area contributed by atoms with E-state index in [4.69, 9.17) is 0 Å². The van der Waals surface area contributed by atoms with Crippen LogP contribution in [0.2, 0.25) is 0 Å². The van der Waals surface area contributed by atoms with Gasteiger partial charge in [0.25, 0.3) is 0 Å².